The molecule has 98 heavy (non-hydrogen) atoms. The van der Waals surface area contributed by atoms with Crippen molar-refractivity contribution in [2.75, 3.05) is 133 Å². The minimum absolute atomic E-state index is 0.00861. The van der Waals surface area contributed by atoms with E-state index in [9.17, 15) is 88.7 Å². The fraction of sp³-hybridized carbons (Fsp3) is 0.948. The number of nitrogens with one attached hydrogen (secondary N) is 3. The number of phosphoric acid groups is 3. The lowest BCUT2D eigenvalue weighted by Crippen LogP contribution is -2.64. The first-order chi connectivity index (χ1) is 46.6. The van der Waals surface area contributed by atoms with Crippen molar-refractivity contribution in [3.63, 3.8) is 0 Å². The molecule has 0 bridgehead atoms. The molecular formula is C58H112N3O34P3. The SMILES string of the molecule is COCC(COCCCCOP(=O)(O)OCCCCCCO[C@@H]1OC(CO)[C@H](O)C(O)[C@@H]1NC(C)=O)(COCCCOP(=O)(O)OCCCCCCO[C@@H]1OC(CO)[C@H](O)C(O)[C@@H]1NC(C)=O)COCCCOP(=O)(O)OCCCCCCO[C@@H]1OC(CO)[C@H](O)C(O)[C@@H]1NC(C)=O. The Morgan fingerprint density at radius 2 is 0.592 bits per heavy atom. The molecule has 3 fully saturated rings. The van der Waals surface area contributed by atoms with Crippen LogP contribution in [-0.4, -0.2) is 303 Å². The maximum Gasteiger partial charge on any atom is 0.472 e. The van der Waals surface area contributed by atoms with Gasteiger partial charge in [-0.15, -0.1) is 0 Å². The molecule has 0 aromatic carbocycles. The van der Waals surface area contributed by atoms with E-state index in [1.54, 1.807) is 0 Å². The van der Waals surface area contributed by atoms with Crippen LogP contribution in [0.15, 0.2) is 0 Å². The number of aliphatic hydroxyl groups excluding tert-OH is 9. The highest BCUT2D eigenvalue weighted by Gasteiger charge is 2.48. The number of carbonyl (C=O) groups excluding carboxylic acids is 3. The summed E-state index contributed by atoms with van der Waals surface area (Å²) < 4.78 is 126. The van der Waals surface area contributed by atoms with Gasteiger partial charge in [-0.25, -0.2) is 13.7 Å². The van der Waals surface area contributed by atoms with Gasteiger partial charge in [0.05, 0.1) is 91.3 Å². The lowest BCUT2D eigenvalue weighted by Gasteiger charge is -2.42. The van der Waals surface area contributed by atoms with Gasteiger partial charge in [-0.05, 0) is 64.2 Å². The van der Waals surface area contributed by atoms with E-state index in [1.807, 2.05) is 0 Å². The van der Waals surface area contributed by atoms with Crippen molar-refractivity contribution in [2.45, 2.75) is 215 Å². The molecule has 40 heteroatoms. The molecule has 578 valence electrons. The highest BCUT2D eigenvalue weighted by molar-refractivity contribution is 7.47. The molecular weight excluding hydrogens is 1380 g/mol. The average molecular weight is 1490 g/mol. The van der Waals surface area contributed by atoms with Crippen LogP contribution in [-0.2, 0) is 103 Å². The molecule has 0 saturated carbocycles. The Balaban J connectivity index is 1.40. The molecule has 18 atom stereocenters. The van der Waals surface area contributed by atoms with Gasteiger partial charge in [0.25, 0.3) is 0 Å². The predicted molar refractivity (Wildman–Crippen MR) is 340 cm³/mol. The molecule has 0 spiro atoms. The van der Waals surface area contributed by atoms with E-state index >= 15 is 0 Å². The fourth-order valence-corrected chi connectivity index (χ4v) is 12.7. The van der Waals surface area contributed by atoms with Crippen LogP contribution in [0.2, 0.25) is 0 Å². The molecule has 3 amide bonds. The lowest BCUT2D eigenvalue weighted by molar-refractivity contribution is -0.270. The monoisotopic (exact) mass is 1490 g/mol. The first-order valence-electron chi connectivity index (χ1n) is 33.3. The molecule has 3 saturated heterocycles. The Morgan fingerprint density at radius 1 is 0.357 bits per heavy atom. The second-order valence-electron chi connectivity index (χ2n) is 24.1. The van der Waals surface area contributed by atoms with Crippen LogP contribution >= 0.6 is 23.5 Å². The first-order valence-corrected chi connectivity index (χ1v) is 37.7. The van der Waals surface area contributed by atoms with Gasteiger partial charge in [0.2, 0.25) is 17.7 Å². The number of unbranched alkanes of at least 4 members (excludes halogenated alkanes) is 10. The van der Waals surface area contributed by atoms with Gasteiger partial charge in [-0.1, -0.05) is 38.5 Å². The van der Waals surface area contributed by atoms with E-state index < -0.39 is 158 Å². The van der Waals surface area contributed by atoms with Crippen LogP contribution in [0.1, 0.15) is 124 Å². The van der Waals surface area contributed by atoms with Crippen LogP contribution in [0.25, 0.3) is 0 Å². The number of ether oxygens (including phenoxy) is 10. The maximum absolute atomic E-state index is 12.6. The number of methoxy groups -OCH3 is 1. The molecule has 0 aromatic heterocycles. The number of aliphatic hydroxyl groups is 9. The Labute approximate surface area is 572 Å². The average Bonchev–Trinajstić information content (AvgIpc) is 0.825. The van der Waals surface area contributed by atoms with Gasteiger partial charge in [0.1, 0.15) is 73.1 Å². The van der Waals surface area contributed by atoms with Gasteiger partial charge in [0, 0.05) is 67.5 Å². The summed E-state index contributed by atoms with van der Waals surface area (Å²) in [6.07, 6.45) is -7.97. The summed E-state index contributed by atoms with van der Waals surface area (Å²) in [6, 6.07) is -3.20. The zero-order chi connectivity index (χ0) is 72.6. The summed E-state index contributed by atoms with van der Waals surface area (Å²) in [5, 5.41) is 98.0. The van der Waals surface area contributed by atoms with Crippen molar-refractivity contribution >= 4 is 41.2 Å². The van der Waals surface area contributed by atoms with Crippen LogP contribution in [0.4, 0.5) is 0 Å². The number of hydrogen-bond donors (Lipinski definition) is 15. The molecule has 3 aliphatic heterocycles. The van der Waals surface area contributed by atoms with Gasteiger partial charge in [-0.2, -0.15) is 0 Å². The van der Waals surface area contributed by atoms with Gasteiger partial charge >= 0.3 is 23.5 Å². The quantitative estimate of drug-likeness (QED) is 0.0262. The molecule has 0 aliphatic carbocycles. The first kappa shape index (κ1) is 90.2. The van der Waals surface area contributed by atoms with Gasteiger partial charge in [-0.3, -0.25) is 41.5 Å². The van der Waals surface area contributed by atoms with E-state index in [1.165, 1.54) is 27.9 Å². The molecule has 37 nitrogen and oxygen atoms in total. The predicted octanol–water partition coefficient (Wildman–Crippen LogP) is -0.808. The largest absolute Gasteiger partial charge is 0.472 e. The van der Waals surface area contributed by atoms with Crippen LogP contribution < -0.4 is 16.0 Å². The minimum Gasteiger partial charge on any atom is -0.394 e. The number of amides is 3. The number of carbonyl (C=O) groups is 3. The summed E-state index contributed by atoms with van der Waals surface area (Å²) >= 11 is 0. The molecule has 0 aromatic rings. The third-order valence-electron chi connectivity index (χ3n) is 15.5. The van der Waals surface area contributed by atoms with E-state index in [2.05, 4.69) is 16.0 Å². The molecule has 0 radical (unpaired) electrons. The van der Waals surface area contributed by atoms with Crippen molar-refractivity contribution in [1.29, 1.82) is 0 Å². The topological polar surface area (TPSA) is 529 Å². The minimum atomic E-state index is -4.44. The summed E-state index contributed by atoms with van der Waals surface area (Å²) in [4.78, 5) is 65.9. The summed E-state index contributed by atoms with van der Waals surface area (Å²) in [5.74, 6) is -1.44. The molecule has 3 rings (SSSR count). The van der Waals surface area contributed by atoms with E-state index in [4.69, 9.17) is 74.5 Å². The lowest BCUT2D eigenvalue weighted by atomic mass is 9.92. The third-order valence-corrected chi connectivity index (χ3v) is 18.5. The third kappa shape index (κ3) is 36.1. The van der Waals surface area contributed by atoms with Crippen molar-refractivity contribution in [1.82, 2.24) is 16.0 Å². The smallest absolute Gasteiger partial charge is 0.394 e. The molecule has 15 N–H and O–H groups in total. The van der Waals surface area contributed by atoms with Gasteiger partial charge < -0.3 is 124 Å². The highest BCUT2D eigenvalue weighted by atomic mass is 31.2. The second-order valence-corrected chi connectivity index (χ2v) is 28.4. The number of phosphoric ester groups is 3. The van der Waals surface area contributed by atoms with E-state index in [-0.39, 0.29) is 119 Å². The molecule has 3 aliphatic rings. The number of rotatable bonds is 57. The summed E-state index contributed by atoms with van der Waals surface area (Å²) in [6.45, 7) is 2.03. The number of hydrogen-bond acceptors (Lipinski definition) is 31. The van der Waals surface area contributed by atoms with Crippen LogP contribution in [0, 0.1) is 5.41 Å². The Hall–Kier alpha value is -2.02. The van der Waals surface area contributed by atoms with Crippen molar-refractivity contribution in [2.24, 2.45) is 5.41 Å². The zero-order valence-corrected chi connectivity index (χ0v) is 59.3. The molecule has 9 unspecified atom stereocenters. The fourth-order valence-electron chi connectivity index (χ4n) is 10.4. The van der Waals surface area contributed by atoms with Crippen molar-refractivity contribution in [3.8, 4) is 0 Å². The summed E-state index contributed by atoms with van der Waals surface area (Å²) in [7, 11) is -11.8. The highest BCUT2D eigenvalue weighted by Crippen LogP contribution is 2.45. The van der Waals surface area contributed by atoms with Crippen LogP contribution in [0.3, 0.4) is 0 Å². The Morgan fingerprint density at radius 3 is 0.847 bits per heavy atom. The second kappa shape index (κ2) is 49.7. The normalized spacial score (nSPS) is 28.5. The Bertz CT molecular complexity index is 2220. The molecule has 3 heterocycles. The summed E-state index contributed by atoms with van der Waals surface area (Å²) in [5.41, 5.74) is -0.933. The van der Waals surface area contributed by atoms with E-state index in [0.29, 0.717) is 89.9 Å². The van der Waals surface area contributed by atoms with E-state index in [0.717, 1.165) is 0 Å². The zero-order valence-electron chi connectivity index (χ0n) is 56.6. The van der Waals surface area contributed by atoms with Crippen LogP contribution in [0.5, 0.6) is 0 Å². The standard InChI is InChI=1S/C58H112N3O34P3/c1-40(65)59-46-52(71)49(68)43(33-62)93-55(46)84-24-11-5-8-14-27-87-96(74,75)90-30-18-17-21-81-37-58(36-80-4,38-82-22-19-31-91-97(76,77)88-28-15-9-6-12-25-85-56-47(60-41(2)66)53(72)50(69)44(34-63)94-56)39-83-23-20-32-92-98(78,79)89-29-16-10-7-13-26-86-57-48(61-42(3)67)54(73)51(70)45(35-64)95-57/h43-57,62-64,68-73H,5-39H2,1-4H3,(H,59,65)(H,60,66)(H,61,67)(H,74,75)(H,76,77)(H,78,79)/t43?,44?,45?,46-,47-,48-,49-,50-,51-,52?,53?,54?,55+,56+,57+,58?/m0/s1. The van der Waals surface area contributed by atoms with Crippen molar-refractivity contribution < 1.29 is 163 Å². The van der Waals surface area contributed by atoms with Gasteiger partial charge in [0.15, 0.2) is 18.9 Å². The maximum atomic E-state index is 12.6. The van der Waals surface area contributed by atoms with Crippen molar-refractivity contribution in [3.05, 3.63) is 0 Å². The Kier molecular flexibility index (Phi) is 45.7.